The lowest BCUT2D eigenvalue weighted by Gasteiger charge is -2.23. The molecule has 0 spiro atoms. The number of carbonyl (C=O) groups excluding carboxylic acids is 1. The van der Waals surface area contributed by atoms with E-state index < -0.39 is 10.0 Å². The average Bonchev–Trinajstić information content (AvgIpc) is 3.61. The van der Waals surface area contributed by atoms with Gasteiger partial charge < -0.3 is 9.64 Å². The first kappa shape index (κ1) is 19.8. The summed E-state index contributed by atoms with van der Waals surface area (Å²) in [5.41, 5.74) is 1.87. The van der Waals surface area contributed by atoms with Gasteiger partial charge in [0.15, 0.2) is 0 Å². The number of anilines is 1. The van der Waals surface area contributed by atoms with E-state index in [9.17, 15) is 13.2 Å². The summed E-state index contributed by atoms with van der Waals surface area (Å²) in [7, 11) is -2.49. The molecule has 1 amide bonds. The van der Waals surface area contributed by atoms with Gasteiger partial charge >= 0.3 is 0 Å². The van der Waals surface area contributed by atoms with Crippen LogP contribution in [-0.4, -0.2) is 38.9 Å². The molecule has 4 rings (SSSR count). The number of methoxy groups -OCH3 is 1. The van der Waals surface area contributed by atoms with Crippen LogP contribution in [0.2, 0.25) is 0 Å². The van der Waals surface area contributed by atoms with Gasteiger partial charge in [0, 0.05) is 23.8 Å². The Labute approximate surface area is 171 Å². The van der Waals surface area contributed by atoms with Gasteiger partial charge in [0.05, 0.1) is 7.11 Å². The first-order chi connectivity index (χ1) is 13.9. The molecule has 0 unspecified atom stereocenters. The van der Waals surface area contributed by atoms with Crippen molar-refractivity contribution in [2.45, 2.75) is 43.5 Å². The van der Waals surface area contributed by atoms with Crippen molar-refractivity contribution in [2.24, 2.45) is 5.92 Å². The van der Waals surface area contributed by atoms with Gasteiger partial charge in [-0.25, -0.2) is 8.42 Å². The fourth-order valence-corrected chi connectivity index (χ4v) is 4.63. The number of sulfonamides is 1. The summed E-state index contributed by atoms with van der Waals surface area (Å²) in [6.45, 7) is 2.70. The first-order valence-electron chi connectivity index (χ1n) is 9.96. The van der Waals surface area contributed by atoms with Crippen LogP contribution in [0.25, 0.3) is 0 Å². The summed E-state index contributed by atoms with van der Waals surface area (Å²) in [4.78, 5) is 15.0. The predicted molar refractivity (Wildman–Crippen MR) is 112 cm³/mol. The van der Waals surface area contributed by atoms with E-state index in [1.807, 2.05) is 24.0 Å². The molecule has 1 N–H and O–H groups in total. The summed E-state index contributed by atoms with van der Waals surface area (Å²) in [6, 6.07) is 12.0. The van der Waals surface area contributed by atoms with Crippen LogP contribution in [0.5, 0.6) is 5.75 Å². The van der Waals surface area contributed by atoms with E-state index in [1.54, 1.807) is 24.3 Å². The second kappa shape index (κ2) is 7.71. The number of hydrogen-bond acceptors (Lipinski definition) is 4. The van der Waals surface area contributed by atoms with E-state index in [1.165, 1.54) is 26.0 Å². The summed E-state index contributed by atoms with van der Waals surface area (Å²) in [5.74, 6) is 0.694. The monoisotopic (exact) mass is 414 g/mol. The number of amides is 1. The molecule has 2 aromatic rings. The normalized spacial score (nSPS) is 16.3. The standard InChI is InChI=1S/C22H26N2O4S/c1-15-3-8-18(9-4-15)23-29(26,27)21-13-17(7-12-20(21)28-2)22(25)24(19-10-11-19)14-16-5-6-16/h3-4,7-9,12-13,16,19,23H,5-6,10-11,14H2,1-2H3. The second-order valence-corrected chi connectivity index (χ2v) is 9.62. The highest BCUT2D eigenvalue weighted by molar-refractivity contribution is 7.92. The Balaban J connectivity index is 1.63. The maximum atomic E-state index is 13.1. The van der Waals surface area contributed by atoms with Crippen molar-refractivity contribution >= 4 is 21.6 Å². The second-order valence-electron chi connectivity index (χ2n) is 7.97. The molecule has 0 saturated heterocycles. The molecule has 6 nitrogen and oxygen atoms in total. The number of benzene rings is 2. The van der Waals surface area contributed by atoms with Crippen molar-refractivity contribution in [2.75, 3.05) is 18.4 Å². The SMILES string of the molecule is COc1ccc(C(=O)N(CC2CC2)C2CC2)cc1S(=O)(=O)Nc1ccc(C)cc1. The number of nitrogens with zero attached hydrogens (tertiary/aromatic N) is 1. The van der Waals surface area contributed by atoms with Crippen LogP contribution in [0.15, 0.2) is 47.4 Å². The summed E-state index contributed by atoms with van der Waals surface area (Å²) in [5, 5.41) is 0. The molecule has 0 radical (unpaired) electrons. The summed E-state index contributed by atoms with van der Waals surface area (Å²) in [6.07, 6.45) is 4.38. The van der Waals surface area contributed by atoms with Gasteiger partial charge in [-0.2, -0.15) is 0 Å². The third-order valence-corrected chi connectivity index (χ3v) is 6.81. The molecular formula is C22H26N2O4S. The molecule has 2 aromatic carbocycles. The lowest BCUT2D eigenvalue weighted by atomic mass is 10.1. The number of nitrogens with one attached hydrogen (secondary N) is 1. The van der Waals surface area contributed by atoms with Crippen molar-refractivity contribution < 1.29 is 17.9 Å². The summed E-state index contributed by atoms with van der Waals surface area (Å²) < 4.78 is 33.9. The number of hydrogen-bond donors (Lipinski definition) is 1. The van der Waals surface area contributed by atoms with Crippen LogP contribution in [-0.2, 0) is 10.0 Å². The number of carbonyl (C=O) groups is 1. The number of rotatable bonds is 8. The molecule has 29 heavy (non-hydrogen) atoms. The van der Waals surface area contributed by atoms with Crippen molar-refractivity contribution in [3.63, 3.8) is 0 Å². The topological polar surface area (TPSA) is 75.7 Å². The lowest BCUT2D eigenvalue weighted by molar-refractivity contribution is 0.0734. The fraction of sp³-hybridized carbons (Fsp3) is 0.409. The first-order valence-corrected chi connectivity index (χ1v) is 11.4. The highest BCUT2D eigenvalue weighted by Gasteiger charge is 2.37. The van der Waals surface area contributed by atoms with Crippen molar-refractivity contribution in [1.82, 2.24) is 4.90 Å². The molecule has 2 fully saturated rings. The van der Waals surface area contributed by atoms with Crippen LogP contribution >= 0.6 is 0 Å². The molecule has 7 heteroatoms. The van der Waals surface area contributed by atoms with Crippen molar-refractivity contribution in [1.29, 1.82) is 0 Å². The highest BCUT2D eigenvalue weighted by atomic mass is 32.2. The minimum atomic E-state index is -3.91. The molecular weight excluding hydrogens is 388 g/mol. The predicted octanol–water partition coefficient (Wildman–Crippen LogP) is 3.82. The van der Waals surface area contributed by atoms with Crippen LogP contribution < -0.4 is 9.46 Å². The largest absolute Gasteiger partial charge is 0.495 e. The Morgan fingerprint density at radius 1 is 1.10 bits per heavy atom. The maximum absolute atomic E-state index is 13.1. The smallest absolute Gasteiger partial charge is 0.265 e. The molecule has 0 heterocycles. The molecule has 0 aliphatic heterocycles. The van der Waals surface area contributed by atoms with E-state index in [0.717, 1.165) is 24.9 Å². The Morgan fingerprint density at radius 3 is 2.38 bits per heavy atom. The van der Waals surface area contributed by atoms with Gasteiger partial charge in [0.1, 0.15) is 10.6 Å². The number of aryl methyl sites for hydroxylation is 1. The quantitative estimate of drug-likeness (QED) is 0.713. The zero-order valence-corrected chi connectivity index (χ0v) is 17.5. The highest BCUT2D eigenvalue weighted by Crippen LogP contribution is 2.36. The molecule has 2 aliphatic carbocycles. The van der Waals surface area contributed by atoms with Crippen LogP contribution in [0, 0.1) is 12.8 Å². The molecule has 0 bridgehead atoms. The maximum Gasteiger partial charge on any atom is 0.265 e. The third kappa shape index (κ3) is 4.56. The zero-order valence-electron chi connectivity index (χ0n) is 16.7. The lowest BCUT2D eigenvalue weighted by Crippen LogP contribution is -2.35. The molecule has 154 valence electrons. The summed E-state index contributed by atoms with van der Waals surface area (Å²) >= 11 is 0. The zero-order chi connectivity index (χ0) is 20.6. The Kier molecular flexibility index (Phi) is 5.25. The third-order valence-electron chi connectivity index (χ3n) is 5.40. The molecule has 0 aromatic heterocycles. The Hall–Kier alpha value is -2.54. The van der Waals surface area contributed by atoms with Crippen molar-refractivity contribution in [3.8, 4) is 5.75 Å². The van der Waals surface area contributed by atoms with Gasteiger partial charge in [-0.05, 0) is 68.9 Å². The molecule has 0 atom stereocenters. The molecule has 2 aliphatic rings. The van der Waals surface area contributed by atoms with Crippen LogP contribution in [0.1, 0.15) is 41.6 Å². The van der Waals surface area contributed by atoms with E-state index >= 15 is 0 Å². The Morgan fingerprint density at radius 2 is 1.79 bits per heavy atom. The van der Waals surface area contributed by atoms with Gasteiger partial charge in [-0.15, -0.1) is 0 Å². The number of ether oxygens (including phenoxy) is 1. The van der Waals surface area contributed by atoms with Gasteiger partial charge in [-0.1, -0.05) is 17.7 Å². The van der Waals surface area contributed by atoms with Crippen LogP contribution in [0.4, 0.5) is 5.69 Å². The minimum Gasteiger partial charge on any atom is -0.495 e. The van der Waals surface area contributed by atoms with Gasteiger partial charge in [0.25, 0.3) is 15.9 Å². The fourth-order valence-electron chi connectivity index (χ4n) is 3.38. The van der Waals surface area contributed by atoms with E-state index in [-0.39, 0.29) is 22.6 Å². The minimum absolute atomic E-state index is 0.0337. The van der Waals surface area contributed by atoms with Gasteiger partial charge in [0.2, 0.25) is 0 Å². The molecule has 2 saturated carbocycles. The van der Waals surface area contributed by atoms with Crippen molar-refractivity contribution in [3.05, 3.63) is 53.6 Å². The Bertz CT molecular complexity index is 1010. The van der Waals surface area contributed by atoms with E-state index in [4.69, 9.17) is 4.74 Å². The van der Waals surface area contributed by atoms with E-state index in [2.05, 4.69) is 4.72 Å². The van der Waals surface area contributed by atoms with E-state index in [0.29, 0.717) is 17.2 Å². The average molecular weight is 415 g/mol. The van der Waals surface area contributed by atoms with Crippen LogP contribution in [0.3, 0.4) is 0 Å². The van der Waals surface area contributed by atoms with Gasteiger partial charge in [-0.3, -0.25) is 9.52 Å².